The zero-order chi connectivity index (χ0) is 20.9. The predicted molar refractivity (Wildman–Crippen MR) is 107 cm³/mol. The second-order valence-corrected chi connectivity index (χ2v) is 9.46. The number of hydrogen-bond donors (Lipinski definition) is 1. The van der Waals surface area contributed by atoms with Gasteiger partial charge in [0.05, 0.1) is 7.11 Å². The van der Waals surface area contributed by atoms with Crippen molar-refractivity contribution in [2.45, 2.75) is 29.6 Å². The molecule has 1 aliphatic rings. The average Bonchev–Trinajstić information content (AvgIpc) is 3.40. The van der Waals surface area contributed by atoms with Gasteiger partial charge in [0.15, 0.2) is 6.61 Å². The van der Waals surface area contributed by atoms with Crippen LogP contribution in [-0.4, -0.2) is 51.5 Å². The Kier molecular flexibility index (Phi) is 6.88. The Balaban J connectivity index is 1.49. The number of thiophene rings is 1. The van der Waals surface area contributed by atoms with Gasteiger partial charge in [-0.2, -0.15) is 4.72 Å². The minimum atomic E-state index is -3.75. The van der Waals surface area contributed by atoms with Gasteiger partial charge >= 0.3 is 5.97 Å². The van der Waals surface area contributed by atoms with Crippen LogP contribution in [-0.2, 0) is 30.9 Å². The molecule has 1 N–H and O–H groups in total. The molecule has 0 atom stereocenters. The maximum Gasteiger partial charge on any atom is 0.321 e. The molecule has 29 heavy (non-hydrogen) atoms. The zero-order valence-electron chi connectivity index (χ0n) is 15.9. The quantitative estimate of drug-likeness (QED) is 0.567. The molecule has 1 aromatic heterocycles. The second-order valence-electron chi connectivity index (χ2n) is 6.52. The van der Waals surface area contributed by atoms with Crippen LogP contribution in [0.5, 0.6) is 5.75 Å². The SMILES string of the molecule is COc1ccc(CN(C(=O)COC(=O)CNS(=O)(=O)c2cccs2)C2CC2)cc1. The van der Waals surface area contributed by atoms with E-state index in [1.807, 2.05) is 24.3 Å². The Morgan fingerprint density at radius 2 is 1.93 bits per heavy atom. The molecule has 156 valence electrons. The lowest BCUT2D eigenvalue weighted by atomic mass is 10.2. The molecule has 1 heterocycles. The van der Waals surface area contributed by atoms with Gasteiger partial charge in [-0.05, 0) is 42.0 Å². The number of methoxy groups -OCH3 is 1. The van der Waals surface area contributed by atoms with E-state index in [2.05, 4.69) is 4.72 Å². The van der Waals surface area contributed by atoms with Crippen molar-refractivity contribution < 1.29 is 27.5 Å². The number of amides is 1. The highest BCUT2D eigenvalue weighted by Gasteiger charge is 2.33. The highest BCUT2D eigenvalue weighted by molar-refractivity contribution is 7.91. The van der Waals surface area contributed by atoms with Crippen molar-refractivity contribution in [2.24, 2.45) is 0 Å². The number of esters is 1. The lowest BCUT2D eigenvalue weighted by Gasteiger charge is -2.22. The highest BCUT2D eigenvalue weighted by atomic mass is 32.2. The molecule has 0 saturated heterocycles. The Morgan fingerprint density at radius 3 is 2.52 bits per heavy atom. The van der Waals surface area contributed by atoms with Crippen LogP contribution in [0.25, 0.3) is 0 Å². The Morgan fingerprint density at radius 1 is 1.21 bits per heavy atom. The van der Waals surface area contributed by atoms with Crippen LogP contribution in [0.2, 0.25) is 0 Å². The molecule has 1 amide bonds. The molecular formula is C19H22N2O6S2. The number of hydrogen-bond acceptors (Lipinski definition) is 7. The fourth-order valence-corrected chi connectivity index (χ4v) is 4.66. The van der Waals surface area contributed by atoms with Crippen molar-refractivity contribution >= 4 is 33.2 Å². The summed E-state index contributed by atoms with van der Waals surface area (Å²) >= 11 is 1.05. The van der Waals surface area contributed by atoms with E-state index in [1.54, 1.807) is 23.5 Å². The lowest BCUT2D eigenvalue weighted by Crippen LogP contribution is -2.37. The van der Waals surface area contributed by atoms with Gasteiger partial charge in [-0.1, -0.05) is 18.2 Å². The van der Waals surface area contributed by atoms with Gasteiger partial charge in [-0.15, -0.1) is 11.3 Å². The zero-order valence-corrected chi connectivity index (χ0v) is 17.5. The molecule has 3 rings (SSSR count). The smallest absolute Gasteiger partial charge is 0.321 e. The Hall–Kier alpha value is -2.43. The summed E-state index contributed by atoms with van der Waals surface area (Å²) in [5, 5.41) is 1.63. The third kappa shape index (κ3) is 6.02. The summed E-state index contributed by atoms with van der Waals surface area (Å²) in [5.74, 6) is -0.381. The van der Waals surface area contributed by atoms with Crippen LogP contribution in [0.3, 0.4) is 0 Å². The molecular weight excluding hydrogens is 416 g/mol. The molecule has 2 aromatic rings. The first-order valence-corrected chi connectivity index (χ1v) is 11.4. The first-order chi connectivity index (χ1) is 13.9. The maximum atomic E-state index is 12.5. The summed E-state index contributed by atoms with van der Waals surface area (Å²) in [6.45, 7) is -0.544. The number of sulfonamides is 1. The molecule has 0 bridgehead atoms. The van der Waals surface area contributed by atoms with E-state index in [9.17, 15) is 18.0 Å². The summed E-state index contributed by atoms with van der Waals surface area (Å²) in [4.78, 5) is 26.1. The van der Waals surface area contributed by atoms with E-state index in [-0.39, 0.29) is 16.2 Å². The van der Waals surface area contributed by atoms with E-state index < -0.39 is 29.1 Å². The normalized spacial score (nSPS) is 13.7. The maximum absolute atomic E-state index is 12.5. The van der Waals surface area contributed by atoms with Crippen molar-refractivity contribution in [1.29, 1.82) is 0 Å². The summed E-state index contributed by atoms with van der Waals surface area (Å²) in [5.41, 5.74) is 0.945. The molecule has 1 fully saturated rings. The highest BCUT2D eigenvalue weighted by Crippen LogP contribution is 2.28. The summed E-state index contributed by atoms with van der Waals surface area (Å²) in [7, 11) is -2.17. The number of ether oxygens (including phenoxy) is 2. The number of benzene rings is 1. The second kappa shape index (κ2) is 9.38. The lowest BCUT2D eigenvalue weighted by molar-refractivity contribution is -0.151. The topological polar surface area (TPSA) is 102 Å². The molecule has 8 nitrogen and oxygen atoms in total. The molecule has 0 aliphatic heterocycles. The van der Waals surface area contributed by atoms with Crippen LogP contribution < -0.4 is 9.46 Å². The number of carbonyl (C=O) groups is 2. The van der Waals surface area contributed by atoms with E-state index in [0.29, 0.717) is 6.54 Å². The molecule has 10 heteroatoms. The van der Waals surface area contributed by atoms with Crippen molar-refractivity contribution in [3.63, 3.8) is 0 Å². The first kappa shape index (κ1) is 21.3. The van der Waals surface area contributed by atoms with E-state index in [1.165, 1.54) is 6.07 Å². The monoisotopic (exact) mass is 438 g/mol. The minimum Gasteiger partial charge on any atom is -0.497 e. The first-order valence-electron chi connectivity index (χ1n) is 9.00. The van der Waals surface area contributed by atoms with Crippen LogP contribution in [0, 0.1) is 0 Å². The van der Waals surface area contributed by atoms with Gasteiger partial charge in [0.25, 0.3) is 15.9 Å². The number of carbonyl (C=O) groups excluding carboxylic acids is 2. The third-order valence-corrected chi connectivity index (χ3v) is 7.14. The third-order valence-electron chi connectivity index (χ3n) is 4.34. The van der Waals surface area contributed by atoms with Crippen molar-refractivity contribution in [3.05, 3.63) is 47.3 Å². The van der Waals surface area contributed by atoms with Gasteiger partial charge < -0.3 is 14.4 Å². The molecule has 1 aliphatic carbocycles. The number of nitrogens with zero attached hydrogens (tertiary/aromatic N) is 1. The molecule has 1 aromatic carbocycles. The predicted octanol–water partition coefficient (Wildman–Crippen LogP) is 1.77. The summed E-state index contributed by atoms with van der Waals surface area (Å²) in [6.07, 6.45) is 1.83. The van der Waals surface area contributed by atoms with E-state index in [0.717, 1.165) is 35.5 Å². The van der Waals surface area contributed by atoms with Crippen LogP contribution in [0.15, 0.2) is 46.0 Å². The Bertz CT molecular complexity index is 938. The Labute approximate surface area is 173 Å². The van der Waals surface area contributed by atoms with Gasteiger partial charge in [0, 0.05) is 12.6 Å². The number of rotatable bonds is 10. The average molecular weight is 439 g/mol. The molecule has 1 saturated carbocycles. The van der Waals surface area contributed by atoms with Crippen molar-refractivity contribution in [2.75, 3.05) is 20.3 Å². The molecule has 0 radical (unpaired) electrons. The van der Waals surface area contributed by atoms with Crippen LogP contribution in [0.1, 0.15) is 18.4 Å². The fraction of sp³-hybridized carbons (Fsp3) is 0.368. The van der Waals surface area contributed by atoms with Gasteiger partial charge in [0.2, 0.25) is 0 Å². The summed E-state index contributed by atoms with van der Waals surface area (Å²) in [6, 6.07) is 10.6. The fourth-order valence-electron chi connectivity index (χ4n) is 2.65. The van der Waals surface area contributed by atoms with E-state index in [4.69, 9.17) is 9.47 Å². The standard InChI is InChI=1S/C19H22N2O6S2/c1-26-16-8-4-14(5-9-16)12-21(15-6-7-15)17(22)13-27-18(23)11-20-29(24,25)19-3-2-10-28-19/h2-5,8-10,15,20H,6-7,11-13H2,1H3. The minimum absolute atomic E-state index is 0.112. The summed E-state index contributed by atoms with van der Waals surface area (Å²) < 4.78 is 36.4. The largest absolute Gasteiger partial charge is 0.497 e. The van der Waals surface area contributed by atoms with Gasteiger partial charge in [0.1, 0.15) is 16.5 Å². The van der Waals surface area contributed by atoms with Crippen LogP contribution >= 0.6 is 11.3 Å². The van der Waals surface area contributed by atoms with Crippen LogP contribution in [0.4, 0.5) is 0 Å². The van der Waals surface area contributed by atoms with Crippen molar-refractivity contribution in [1.82, 2.24) is 9.62 Å². The van der Waals surface area contributed by atoms with E-state index >= 15 is 0 Å². The molecule has 0 unspecified atom stereocenters. The van der Waals surface area contributed by atoms with Gasteiger partial charge in [-0.25, -0.2) is 8.42 Å². The van der Waals surface area contributed by atoms with Gasteiger partial charge in [-0.3, -0.25) is 9.59 Å². The number of nitrogens with one attached hydrogen (secondary N) is 1. The van der Waals surface area contributed by atoms with Crippen molar-refractivity contribution in [3.8, 4) is 5.75 Å². The molecule has 0 spiro atoms.